The van der Waals surface area contributed by atoms with Crippen LogP contribution in [0, 0.1) is 13.8 Å². The molecule has 3 heterocycles. The summed E-state index contributed by atoms with van der Waals surface area (Å²) in [6.07, 6.45) is 3.71. The number of ether oxygens (including phenoxy) is 1. The van der Waals surface area contributed by atoms with Crippen molar-refractivity contribution in [2.75, 3.05) is 18.2 Å². The van der Waals surface area contributed by atoms with Gasteiger partial charge in [-0.15, -0.1) is 10.2 Å². The van der Waals surface area contributed by atoms with Crippen LogP contribution in [0.4, 0.5) is 5.69 Å². The summed E-state index contributed by atoms with van der Waals surface area (Å²) in [6.45, 7) is 4.18. The second kappa shape index (κ2) is 9.00. The maximum atomic E-state index is 12.5. The van der Waals surface area contributed by atoms with E-state index in [0.717, 1.165) is 16.8 Å². The molecule has 0 bridgehead atoms. The predicted octanol–water partition coefficient (Wildman–Crippen LogP) is 5.05. The van der Waals surface area contributed by atoms with E-state index < -0.39 is 0 Å². The first-order valence-corrected chi connectivity index (χ1v) is 11.9. The Kier molecular flexibility index (Phi) is 5.89. The highest BCUT2D eigenvalue weighted by atomic mass is 35.5. The summed E-state index contributed by atoms with van der Waals surface area (Å²) < 4.78 is 8.80. The Balaban J connectivity index is 1.35. The number of carbonyl (C=O) groups is 1. The molecule has 0 radical (unpaired) electrons. The van der Waals surface area contributed by atoms with Crippen molar-refractivity contribution in [3.63, 3.8) is 0 Å². The summed E-state index contributed by atoms with van der Waals surface area (Å²) in [6, 6.07) is 13.4. The van der Waals surface area contributed by atoms with Crippen molar-refractivity contribution in [3.8, 4) is 17.0 Å². The molecule has 0 aliphatic heterocycles. The number of fused-ring (bicyclic) bond motifs is 3. The molecule has 10 heteroatoms. The largest absolute Gasteiger partial charge is 0.495 e. The number of rotatable bonds is 6. The smallest absolute Gasteiger partial charge is 0.234 e. The Morgan fingerprint density at radius 2 is 1.94 bits per heavy atom. The molecular formula is C24H21ClN6O2S. The van der Waals surface area contributed by atoms with Gasteiger partial charge in [0.2, 0.25) is 5.91 Å². The number of carbonyl (C=O) groups excluding carboxylic acids is 1. The summed E-state index contributed by atoms with van der Waals surface area (Å²) in [5, 5.41) is 17.2. The van der Waals surface area contributed by atoms with Gasteiger partial charge >= 0.3 is 0 Å². The van der Waals surface area contributed by atoms with Crippen LogP contribution in [0.15, 0.2) is 60.0 Å². The first-order chi connectivity index (χ1) is 16.4. The molecule has 5 aromatic rings. The van der Waals surface area contributed by atoms with Crippen LogP contribution in [-0.4, -0.2) is 43.0 Å². The molecule has 0 saturated heterocycles. The zero-order valence-electron chi connectivity index (χ0n) is 18.7. The van der Waals surface area contributed by atoms with E-state index in [4.69, 9.17) is 21.4 Å². The molecular weight excluding hydrogens is 472 g/mol. The van der Waals surface area contributed by atoms with Crippen molar-refractivity contribution in [2.45, 2.75) is 19.0 Å². The lowest BCUT2D eigenvalue weighted by Crippen LogP contribution is -2.14. The zero-order chi connectivity index (χ0) is 23.8. The second-order valence-corrected chi connectivity index (χ2v) is 9.17. The van der Waals surface area contributed by atoms with Crippen LogP contribution < -0.4 is 10.1 Å². The predicted molar refractivity (Wildman–Crippen MR) is 134 cm³/mol. The normalized spacial score (nSPS) is 11.3. The van der Waals surface area contributed by atoms with Gasteiger partial charge in [-0.05, 0) is 55.3 Å². The molecule has 1 N–H and O–H groups in total. The average Bonchev–Trinajstić information content (AvgIpc) is 3.43. The molecule has 0 aliphatic carbocycles. The van der Waals surface area contributed by atoms with Crippen molar-refractivity contribution in [3.05, 3.63) is 71.0 Å². The monoisotopic (exact) mass is 492 g/mol. The topological polar surface area (TPSA) is 85.8 Å². The van der Waals surface area contributed by atoms with E-state index in [9.17, 15) is 4.79 Å². The van der Waals surface area contributed by atoms with Gasteiger partial charge in [0, 0.05) is 23.6 Å². The molecule has 0 spiro atoms. The third-order valence-electron chi connectivity index (χ3n) is 5.56. The Hall–Kier alpha value is -3.56. The maximum absolute atomic E-state index is 12.5. The second-order valence-electron chi connectivity index (χ2n) is 7.82. The van der Waals surface area contributed by atoms with Crippen LogP contribution in [0.2, 0.25) is 5.02 Å². The van der Waals surface area contributed by atoms with Crippen molar-refractivity contribution in [1.82, 2.24) is 24.2 Å². The minimum Gasteiger partial charge on any atom is -0.495 e. The molecule has 0 fully saturated rings. The first-order valence-electron chi connectivity index (χ1n) is 10.5. The lowest BCUT2D eigenvalue weighted by molar-refractivity contribution is -0.113. The van der Waals surface area contributed by atoms with Crippen molar-refractivity contribution in [2.24, 2.45) is 0 Å². The molecule has 34 heavy (non-hydrogen) atoms. The molecule has 172 valence electrons. The number of anilines is 1. The van der Waals surface area contributed by atoms with Gasteiger partial charge < -0.3 is 10.1 Å². The van der Waals surface area contributed by atoms with Gasteiger partial charge in [0.1, 0.15) is 11.3 Å². The SMILES string of the molecule is COc1ccc(NC(=O)CSc2nnc3c4cc(-c5ccc(C)c(C)c5)nn4ccn23)cc1Cl. The molecule has 3 aromatic heterocycles. The zero-order valence-corrected chi connectivity index (χ0v) is 20.3. The summed E-state index contributed by atoms with van der Waals surface area (Å²) in [4.78, 5) is 12.5. The number of aryl methyl sites for hydroxylation is 2. The highest BCUT2D eigenvalue weighted by molar-refractivity contribution is 7.99. The fraction of sp³-hybridized carbons (Fsp3) is 0.167. The first kappa shape index (κ1) is 22.2. The molecule has 0 aliphatic rings. The fourth-order valence-corrected chi connectivity index (χ4v) is 4.58. The highest BCUT2D eigenvalue weighted by Crippen LogP contribution is 2.28. The molecule has 0 saturated carbocycles. The van der Waals surface area contributed by atoms with E-state index in [1.54, 1.807) is 29.8 Å². The molecule has 0 atom stereocenters. The number of benzene rings is 2. The number of methoxy groups -OCH3 is 1. The number of hydrogen-bond donors (Lipinski definition) is 1. The Bertz CT molecular complexity index is 1540. The minimum absolute atomic E-state index is 0.169. The van der Waals surface area contributed by atoms with Gasteiger partial charge in [0.15, 0.2) is 10.8 Å². The van der Waals surface area contributed by atoms with Crippen molar-refractivity contribution >= 4 is 46.1 Å². The van der Waals surface area contributed by atoms with Crippen LogP contribution in [0.3, 0.4) is 0 Å². The van der Waals surface area contributed by atoms with Gasteiger partial charge in [0.05, 0.1) is 23.6 Å². The van der Waals surface area contributed by atoms with Gasteiger partial charge in [-0.3, -0.25) is 9.20 Å². The Morgan fingerprint density at radius 1 is 1.09 bits per heavy atom. The number of halogens is 1. The summed E-state index contributed by atoms with van der Waals surface area (Å²) in [7, 11) is 1.54. The van der Waals surface area contributed by atoms with Crippen LogP contribution in [0.25, 0.3) is 22.4 Å². The van der Waals surface area contributed by atoms with Gasteiger partial charge in [-0.1, -0.05) is 35.5 Å². The Morgan fingerprint density at radius 3 is 2.71 bits per heavy atom. The minimum atomic E-state index is -0.176. The number of hydrogen-bond acceptors (Lipinski definition) is 6. The highest BCUT2D eigenvalue weighted by Gasteiger charge is 2.15. The van der Waals surface area contributed by atoms with E-state index in [0.29, 0.717) is 27.3 Å². The van der Waals surface area contributed by atoms with E-state index >= 15 is 0 Å². The van der Waals surface area contributed by atoms with E-state index in [-0.39, 0.29) is 11.7 Å². The van der Waals surface area contributed by atoms with Crippen LogP contribution in [-0.2, 0) is 4.79 Å². The van der Waals surface area contributed by atoms with E-state index in [1.165, 1.54) is 22.9 Å². The van der Waals surface area contributed by atoms with Gasteiger partial charge in [-0.2, -0.15) is 5.10 Å². The number of amides is 1. The van der Waals surface area contributed by atoms with E-state index in [1.807, 2.05) is 22.9 Å². The molecule has 5 rings (SSSR count). The maximum Gasteiger partial charge on any atom is 0.234 e. The lowest BCUT2D eigenvalue weighted by atomic mass is 10.0. The molecule has 1 amide bonds. The lowest BCUT2D eigenvalue weighted by Gasteiger charge is -2.07. The Labute approximate surface area is 204 Å². The van der Waals surface area contributed by atoms with Crippen molar-refractivity contribution in [1.29, 1.82) is 0 Å². The van der Waals surface area contributed by atoms with Crippen LogP contribution >= 0.6 is 23.4 Å². The number of thioether (sulfide) groups is 1. The molecule has 2 aromatic carbocycles. The van der Waals surface area contributed by atoms with Gasteiger partial charge in [-0.25, -0.2) is 4.52 Å². The number of nitrogens with one attached hydrogen (secondary N) is 1. The van der Waals surface area contributed by atoms with Crippen LogP contribution in [0.5, 0.6) is 5.75 Å². The third-order valence-corrected chi connectivity index (χ3v) is 6.80. The average molecular weight is 493 g/mol. The number of nitrogens with zero attached hydrogens (tertiary/aromatic N) is 5. The van der Waals surface area contributed by atoms with Crippen molar-refractivity contribution < 1.29 is 9.53 Å². The number of aromatic nitrogens is 5. The summed E-state index contributed by atoms with van der Waals surface area (Å²) in [5.74, 6) is 0.546. The summed E-state index contributed by atoms with van der Waals surface area (Å²) >= 11 is 7.43. The van der Waals surface area contributed by atoms with Gasteiger partial charge in [0.25, 0.3) is 0 Å². The third kappa shape index (κ3) is 4.20. The quantitative estimate of drug-likeness (QED) is 0.334. The molecule has 0 unspecified atom stereocenters. The summed E-state index contributed by atoms with van der Waals surface area (Å²) in [5.41, 5.74) is 6.49. The standard InChI is InChI=1S/C24H21ClN6O2S/c1-14-4-5-16(10-15(14)2)19-12-20-23-27-28-24(30(23)8-9-31(20)29-19)34-13-22(32)26-17-6-7-21(33-3)18(25)11-17/h4-12H,13H2,1-3H3,(H,26,32). The fourth-order valence-electron chi connectivity index (χ4n) is 3.60. The van der Waals surface area contributed by atoms with Crippen LogP contribution in [0.1, 0.15) is 11.1 Å². The molecule has 8 nitrogen and oxygen atoms in total. The van der Waals surface area contributed by atoms with E-state index in [2.05, 4.69) is 47.6 Å².